The Morgan fingerprint density at radius 3 is 2.81 bits per heavy atom. The summed E-state index contributed by atoms with van der Waals surface area (Å²) in [7, 11) is -2.50. The molecule has 0 aliphatic carbocycles. The highest BCUT2D eigenvalue weighted by molar-refractivity contribution is 7.93. The number of fused-ring (bicyclic) bond motifs is 2. The first-order chi connectivity index (χ1) is 15.5. The number of aromatic nitrogens is 4. The summed E-state index contributed by atoms with van der Waals surface area (Å²) in [6.45, 7) is 2.23. The Balaban J connectivity index is 1.58. The topological polar surface area (TPSA) is 112 Å². The van der Waals surface area contributed by atoms with E-state index in [-0.39, 0.29) is 10.7 Å². The average Bonchev–Trinajstić information content (AvgIpc) is 3.43. The summed E-state index contributed by atoms with van der Waals surface area (Å²) in [6, 6.07) is 12.6. The first kappa shape index (κ1) is 20.0. The maximum Gasteiger partial charge on any atom is 0.265 e. The van der Waals surface area contributed by atoms with Crippen molar-refractivity contribution < 1.29 is 17.7 Å². The molecule has 162 valence electrons. The van der Waals surface area contributed by atoms with Gasteiger partial charge in [0.15, 0.2) is 11.4 Å². The number of pyridine rings is 1. The van der Waals surface area contributed by atoms with E-state index in [1.165, 1.54) is 7.11 Å². The van der Waals surface area contributed by atoms with Crippen LogP contribution in [0.4, 0.5) is 5.82 Å². The molecule has 3 aromatic heterocycles. The number of sulfonamides is 1. The Labute approximate surface area is 183 Å². The number of anilines is 1. The molecule has 0 spiro atoms. The number of methoxy groups -OCH3 is 1. The van der Waals surface area contributed by atoms with Gasteiger partial charge >= 0.3 is 0 Å². The second-order valence-corrected chi connectivity index (χ2v) is 8.92. The summed E-state index contributed by atoms with van der Waals surface area (Å²) in [5, 5.41) is 9.34. The lowest BCUT2D eigenvalue weighted by Crippen LogP contribution is -2.15. The van der Waals surface area contributed by atoms with E-state index in [1.807, 2.05) is 30.5 Å². The normalized spacial score (nSPS) is 11.8. The molecular weight excluding hydrogens is 430 g/mol. The number of benzene rings is 2. The van der Waals surface area contributed by atoms with E-state index in [2.05, 4.69) is 20.0 Å². The van der Waals surface area contributed by atoms with E-state index in [1.54, 1.807) is 42.2 Å². The minimum Gasteiger partial charge on any atom is -0.496 e. The number of nitrogens with zero attached hydrogens (tertiary/aromatic N) is 4. The predicted octanol–water partition coefficient (Wildman–Crippen LogP) is 3.74. The minimum atomic E-state index is -4.01. The zero-order chi connectivity index (χ0) is 22.3. The molecule has 3 heterocycles. The molecule has 2 aromatic carbocycles. The van der Waals surface area contributed by atoms with Crippen LogP contribution < -0.4 is 9.46 Å². The first-order valence-corrected chi connectivity index (χ1v) is 11.3. The van der Waals surface area contributed by atoms with Crippen molar-refractivity contribution in [1.82, 2.24) is 19.9 Å². The number of hydrogen-bond donors (Lipinski definition) is 1. The number of aryl methyl sites for hydroxylation is 1. The number of rotatable bonds is 6. The standard InChI is InChI=1S/C22H19N5O4S/c1-14-6-7-16-5-3-8-23-20(16)21(14)32(28,29)26-22-19-17(30-2)11-15(12-18(19)31-25-22)13-27-10-4-9-24-27/h3-12H,13H2,1-2H3,(H,25,26). The summed E-state index contributed by atoms with van der Waals surface area (Å²) in [5.41, 5.74) is 2.24. The summed E-state index contributed by atoms with van der Waals surface area (Å²) in [5.74, 6) is 0.492. The molecule has 5 rings (SSSR count). The van der Waals surface area contributed by atoms with Crippen LogP contribution in [0.1, 0.15) is 11.1 Å². The van der Waals surface area contributed by atoms with Crippen LogP contribution in [0.5, 0.6) is 5.75 Å². The van der Waals surface area contributed by atoms with Gasteiger partial charge in [-0.3, -0.25) is 14.4 Å². The Hall–Kier alpha value is -3.92. The number of ether oxygens (including phenoxy) is 1. The SMILES string of the molecule is COc1cc(Cn2cccn2)cc2onc(NS(=O)(=O)c3c(C)ccc4cccnc34)c12. The minimum absolute atomic E-state index is 0.0508. The van der Waals surface area contributed by atoms with Gasteiger partial charge in [-0.05, 0) is 42.3 Å². The molecule has 5 aromatic rings. The molecule has 0 amide bonds. The number of nitrogens with one attached hydrogen (secondary N) is 1. The fourth-order valence-electron chi connectivity index (χ4n) is 3.73. The van der Waals surface area contributed by atoms with Crippen LogP contribution in [0.25, 0.3) is 21.9 Å². The fraction of sp³-hybridized carbons (Fsp3) is 0.136. The number of hydrogen-bond acceptors (Lipinski definition) is 7. The van der Waals surface area contributed by atoms with Crippen molar-refractivity contribution in [3.8, 4) is 5.75 Å². The van der Waals surface area contributed by atoms with Crippen LogP contribution in [0, 0.1) is 6.92 Å². The van der Waals surface area contributed by atoms with E-state index in [0.29, 0.717) is 34.3 Å². The monoisotopic (exact) mass is 449 g/mol. The molecule has 1 N–H and O–H groups in total. The van der Waals surface area contributed by atoms with Crippen LogP contribution in [0.15, 0.2) is 70.5 Å². The van der Waals surface area contributed by atoms with Crippen LogP contribution >= 0.6 is 0 Å². The summed E-state index contributed by atoms with van der Waals surface area (Å²) in [6.07, 6.45) is 5.11. The van der Waals surface area contributed by atoms with Gasteiger partial charge in [0.2, 0.25) is 0 Å². The Morgan fingerprint density at radius 2 is 2.03 bits per heavy atom. The molecule has 0 saturated heterocycles. The fourth-order valence-corrected chi connectivity index (χ4v) is 5.14. The molecule has 0 bridgehead atoms. The molecule has 0 aliphatic heterocycles. The molecule has 9 nitrogen and oxygen atoms in total. The van der Waals surface area contributed by atoms with Gasteiger partial charge in [-0.2, -0.15) is 5.10 Å². The molecule has 0 radical (unpaired) electrons. The Kier molecular flexibility index (Phi) is 4.78. The average molecular weight is 449 g/mol. The van der Waals surface area contributed by atoms with Gasteiger partial charge in [-0.15, -0.1) is 0 Å². The van der Waals surface area contributed by atoms with Gasteiger partial charge in [0.25, 0.3) is 10.0 Å². The molecule has 0 saturated carbocycles. The highest BCUT2D eigenvalue weighted by atomic mass is 32.2. The van der Waals surface area contributed by atoms with Gasteiger partial charge in [0.1, 0.15) is 16.0 Å². The highest BCUT2D eigenvalue weighted by Crippen LogP contribution is 2.35. The van der Waals surface area contributed by atoms with E-state index in [4.69, 9.17) is 9.26 Å². The highest BCUT2D eigenvalue weighted by Gasteiger charge is 2.25. The van der Waals surface area contributed by atoms with Gasteiger partial charge in [0.05, 0.1) is 19.2 Å². The third-order valence-corrected chi connectivity index (χ3v) is 6.66. The summed E-state index contributed by atoms with van der Waals surface area (Å²) < 4.78 is 42.0. The zero-order valence-corrected chi connectivity index (χ0v) is 18.1. The van der Waals surface area contributed by atoms with Crippen LogP contribution in [-0.4, -0.2) is 35.4 Å². The first-order valence-electron chi connectivity index (χ1n) is 9.77. The van der Waals surface area contributed by atoms with Gasteiger partial charge in [-0.1, -0.05) is 23.4 Å². The zero-order valence-electron chi connectivity index (χ0n) is 17.3. The van der Waals surface area contributed by atoms with Crippen LogP contribution in [0.2, 0.25) is 0 Å². The Morgan fingerprint density at radius 1 is 1.16 bits per heavy atom. The molecule has 0 fully saturated rings. The molecule has 10 heteroatoms. The quantitative estimate of drug-likeness (QED) is 0.420. The van der Waals surface area contributed by atoms with Gasteiger partial charge in [-0.25, -0.2) is 8.42 Å². The Bertz CT molecular complexity index is 1540. The predicted molar refractivity (Wildman–Crippen MR) is 119 cm³/mol. The van der Waals surface area contributed by atoms with E-state index >= 15 is 0 Å². The summed E-state index contributed by atoms with van der Waals surface area (Å²) >= 11 is 0. The lowest BCUT2D eigenvalue weighted by Gasteiger charge is -2.12. The third-order valence-electron chi connectivity index (χ3n) is 5.15. The molecular formula is C22H19N5O4S. The van der Waals surface area contributed by atoms with E-state index < -0.39 is 10.0 Å². The van der Waals surface area contributed by atoms with Crippen LogP contribution in [-0.2, 0) is 16.6 Å². The second kappa shape index (κ2) is 7.65. The van der Waals surface area contributed by atoms with Crippen molar-refractivity contribution in [2.75, 3.05) is 11.8 Å². The van der Waals surface area contributed by atoms with Crippen LogP contribution in [0.3, 0.4) is 0 Å². The van der Waals surface area contributed by atoms with Crippen molar-refractivity contribution in [1.29, 1.82) is 0 Å². The molecule has 0 aliphatic rings. The molecule has 32 heavy (non-hydrogen) atoms. The summed E-state index contributed by atoms with van der Waals surface area (Å²) in [4.78, 5) is 4.38. The van der Waals surface area contributed by atoms with Crippen molar-refractivity contribution in [2.24, 2.45) is 0 Å². The van der Waals surface area contributed by atoms with Crippen molar-refractivity contribution in [3.05, 3.63) is 72.2 Å². The van der Waals surface area contributed by atoms with Gasteiger partial charge < -0.3 is 9.26 Å². The van der Waals surface area contributed by atoms with Crippen molar-refractivity contribution >= 4 is 37.7 Å². The van der Waals surface area contributed by atoms with E-state index in [0.717, 1.165) is 10.9 Å². The maximum absolute atomic E-state index is 13.4. The van der Waals surface area contributed by atoms with Gasteiger partial charge in [0, 0.05) is 24.0 Å². The lowest BCUT2D eigenvalue weighted by atomic mass is 10.1. The lowest BCUT2D eigenvalue weighted by molar-refractivity contribution is 0.418. The molecule has 0 atom stereocenters. The smallest absolute Gasteiger partial charge is 0.265 e. The maximum atomic E-state index is 13.4. The van der Waals surface area contributed by atoms with E-state index in [9.17, 15) is 8.42 Å². The third kappa shape index (κ3) is 3.44. The van der Waals surface area contributed by atoms with Crippen molar-refractivity contribution in [2.45, 2.75) is 18.4 Å². The molecule has 0 unspecified atom stereocenters. The second-order valence-electron chi connectivity index (χ2n) is 7.30. The van der Waals surface area contributed by atoms with Crippen molar-refractivity contribution in [3.63, 3.8) is 0 Å². The largest absolute Gasteiger partial charge is 0.496 e.